The second-order valence-electron chi connectivity index (χ2n) is 5.31. The van der Waals surface area contributed by atoms with Gasteiger partial charge in [0, 0.05) is 0 Å². The Bertz CT molecular complexity index is 425. The van der Waals surface area contributed by atoms with Gasteiger partial charge in [0.1, 0.15) is 0 Å². The smallest absolute Gasteiger partial charge is 0.327 e. The largest absolute Gasteiger partial charge is 0.465 e. The first kappa shape index (κ1) is 18.9. The van der Waals surface area contributed by atoms with Gasteiger partial charge < -0.3 is 9.47 Å². The van der Waals surface area contributed by atoms with Crippen LogP contribution in [0.1, 0.15) is 34.1 Å². The van der Waals surface area contributed by atoms with E-state index in [-0.39, 0.29) is 25.0 Å². The van der Waals surface area contributed by atoms with E-state index in [0.29, 0.717) is 0 Å². The molecule has 0 aliphatic heterocycles. The number of hydrogen-bond acceptors (Lipinski definition) is 6. The quantitative estimate of drug-likeness (QED) is 0.527. The lowest BCUT2D eigenvalue weighted by Gasteiger charge is -2.14. The Morgan fingerprint density at radius 3 is 1.85 bits per heavy atom. The van der Waals surface area contributed by atoms with Gasteiger partial charge in [-0.3, -0.25) is 14.1 Å². The summed E-state index contributed by atoms with van der Waals surface area (Å²) in [5, 5.41) is -1.94. The van der Waals surface area contributed by atoms with E-state index in [1.807, 2.05) is 13.8 Å². The molecule has 0 aromatic heterocycles. The zero-order chi connectivity index (χ0) is 15.9. The van der Waals surface area contributed by atoms with E-state index in [1.54, 1.807) is 13.8 Å². The molecule has 0 heterocycles. The van der Waals surface area contributed by atoms with Crippen molar-refractivity contribution in [1.82, 2.24) is 0 Å². The highest BCUT2D eigenvalue weighted by atomic mass is 32.2. The molecule has 0 amide bonds. The second kappa shape index (κ2) is 8.21. The van der Waals surface area contributed by atoms with Gasteiger partial charge in [-0.1, -0.05) is 27.7 Å². The Kier molecular flexibility index (Phi) is 7.74. The van der Waals surface area contributed by atoms with Crippen molar-refractivity contribution in [1.29, 1.82) is 0 Å². The molecule has 7 nitrogen and oxygen atoms in total. The van der Waals surface area contributed by atoms with Gasteiger partial charge in [-0.15, -0.1) is 0 Å². The van der Waals surface area contributed by atoms with Crippen LogP contribution < -0.4 is 0 Å². The molecule has 0 rings (SSSR count). The van der Waals surface area contributed by atoms with E-state index in [0.717, 1.165) is 0 Å². The highest BCUT2D eigenvalue weighted by Crippen LogP contribution is 2.10. The molecule has 0 aliphatic carbocycles. The van der Waals surface area contributed by atoms with E-state index in [2.05, 4.69) is 0 Å². The first-order valence-electron chi connectivity index (χ1n) is 6.32. The van der Waals surface area contributed by atoms with E-state index in [4.69, 9.17) is 14.0 Å². The van der Waals surface area contributed by atoms with Crippen LogP contribution >= 0.6 is 0 Å². The molecule has 8 heteroatoms. The van der Waals surface area contributed by atoms with Crippen molar-refractivity contribution in [3.8, 4) is 0 Å². The van der Waals surface area contributed by atoms with Gasteiger partial charge in [0.2, 0.25) is 0 Å². The van der Waals surface area contributed by atoms with Crippen molar-refractivity contribution in [3.05, 3.63) is 0 Å². The van der Waals surface area contributed by atoms with Crippen LogP contribution in [-0.4, -0.2) is 43.4 Å². The van der Waals surface area contributed by atoms with Gasteiger partial charge in [0.05, 0.1) is 19.6 Å². The molecule has 20 heavy (non-hydrogen) atoms. The van der Waals surface area contributed by atoms with E-state index in [9.17, 15) is 18.0 Å². The van der Waals surface area contributed by atoms with Crippen LogP contribution in [0.5, 0.6) is 0 Å². The molecular weight excluding hydrogens is 288 g/mol. The molecular formula is C12H22O7S. The van der Waals surface area contributed by atoms with Crippen molar-refractivity contribution < 1.29 is 32.0 Å². The molecule has 0 bridgehead atoms. The van der Waals surface area contributed by atoms with Crippen molar-refractivity contribution in [2.45, 2.75) is 39.4 Å². The highest BCUT2D eigenvalue weighted by molar-refractivity contribution is 7.87. The highest BCUT2D eigenvalue weighted by Gasteiger charge is 2.35. The Morgan fingerprint density at radius 2 is 1.45 bits per heavy atom. The fraction of sp³-hybridized carbons (Fsp3) is 0.833. The summed E-state index contributed by atoms with van der Waals surface area (Å²) in [4.78, 5) is 23.0. The Morgan fingerprint density at radius 1 is 1.00 bits per heavy atom. The molecule has 0 aliphatic rings. The monoisotopic (exact) mass is 310 g/mol. The normalized spacial score (nSPS) is 13.3. The molecule has 1 N–H and O–H groups in total. The lowest BCUT2D eigenvalue weighted by molar-refractivity contribution is -0.151. The van der Waals surface area contributed by atoms with Crippen LogP contribution in [0.4, 0.5) is 0 Å². The van der Waals surface area contributed by atoms with Gasteiger partial charge in [0.25, 0.3) is 10.1 Å². The first-order valence-corrected chi connectivity index (χ1v) is 7.83. The molecule has 0 fully saturated rings. The Balaban J connectivity index is 4.67. The molecule has 0 saturated heterocycles. The number of carbonyl (C=O) groups is 2. The Labute approximate surface area is 119 Å². The number of rotatable bonds is 8. The van der Waals surface area contributed by atoms with Crippen LogP contribution in [0, 0.1) is 11.8 Å². The summed E-state index contributed by atoms with van der Waals surface area (Å²) in [6.45, 7) is 7.28. The summed E-state index contributed by atoms with van der Waals surface area (Å²) in [6.07, 6.45) is -0.761. The van der Waals surface area contributed by atoms with Crippen LogP contribution in [0.25, 0.3) is 0 Å². The lowest BCUT2D eigenvalue weighted by Crippen LogP contribution is -2.35. The lowest BCUT2D eigenvalue weighted by atomic mass is 10.2. The zero-order valence-corrected chi connectivity index (χ0v) is 13.0. The predicted molar refractivity (Wildman–Crippen MR) is 71.5 cm³/mol. The molecule has 1 atom stereocenters. The van der Waals surface area contributed by atoms with Crippen molar-refractivity contribution in [2.24, 2.45) is 11.8 Å². The third kappa shape index (κ3) is 8.11. The summed E-state index contributed by atoms with van der Waals surface area (Å²) in [5.41, 5.74) is 0. The molecule has 0 saturated carbocycles. The summed E-state index contributed by atoms with van der Waals surface area (Å²) < 4.78 is 40.8. The second-order valence-corrected chi connectivity index (χ2v) is 6.91. The molecule has 0 aromatic rings. The number of hydrogen-bond donors (Lipinski definition) is 1. The average molecular weight is 310 g/mol. The fourth-order valence-electron chi connectivity index (χ4n) is 1.12. The van der Waals surface area contributed by atoms with Gasteiger partial charge in [-0.25, -0.2) is 0 Å². The van der Waals surface area contributed by atoms with Gasteiger partial charge in [-0.2, -0.15) is 8.42 Å². The average Bonchev–Trinajstić information content (AvgIpc) is 2.28. The minimum atomic E-state index is -4.72. The topological polar surface area (TPSA) is 107 Å². The Hall–Kier alpha value is -1.15. The summed E-state index contributed by atoms with van der Waals surface area (Å²) in [7, 11) is -4.72. The van der Waals surface area contributed by atoms with Crippen molar-refractivity contribution >= 4 is 22.1 Å². The predicted octanol–water partition coefficient (Wildman–Crippen LogP) is 1.03. The summed E-state index contributed by atoms with van der Waals surface area (Å²) in [5.74, 6) is -1.93. The summed E-state index contributed by atoms with van der Waals surface area (Å²) in [6, 6.07) is 0. The van der Waals surface area contributed by atoms with Crippen LogP contribution in [0.15, 0.2) is 0 Å². The molecule has 0 aromatic carbocycles. The van der Waals surface area contributed by atoms with Crippen molar-refractivity contribution in [2.75, 3.05) is 13.2 Å². The minimum absolute atomic E-state index is 0.00585. The summed E-state index contributed by atoms with van der Waals surface area (Å²) >= 11 is 0. The van der Waals surface area contributed by atoms with Gasteiger partial charge in [-0.05, 0) is 11.8 Å². The molecule has 0 unspecified atom stereocenters. The van der Waals surface area contributed by atoms with Crippen LogP contribution in [0.2, 0.25) is 0 Å². The standard InChI is InChI=1S/C12H22O7S/c1-8(2)6-18-11(13)5-10(20(15,16)17)12(14)19-7-9(3)4/h8-10H,5-7H2,1-4H3,(H,15,16,17)/t10-/m1/s1. The maximum atomic E-state index is 11.6. The van der Waals surface area contributed by atoms with E-state index < -0.39 is 33.7 Å². The SMILES string of the molecule is CC(C)COC(=O)C[C@H](C(=O)OCC(C)C)S(=O)(=O)O. The number of esters is 2. The molecule has 0 spiro atoms. The van der Waals surface area contributed by atoms with Gasteiger partial charge in [0.15, 0.2) is 5.25 Å². The fourth-order valence-corrected chi connectivity index (χ4v) is 1.78. The van der Waals surface area contributed by atoms with Crippen molar-refractivity contribution in [3.63, 3.8) is 0 Å². The van der Waals surface area contributed by atoms with Crippen LogP contribution in [0.3, 0.4) is 0 Å². The van der Waals surface area contributed by atoms with E-state index in [1.165, 1.54) is 0 Å². The third-order valence-corrected chi connectivity index (χ3v) is 3.19. The first-order chi connectivity index (χ1) is 9.04. The minimum Gasteiger partial charge on any atom is -0.465 e. The molecule has 0 radical (unpaired) electrons. The van der Waals surface area contributed by atoms with Gasteiger partial charge >= 0.3 is 11.9 Å². The zero-order valence-electron chi connectivity index (χ0n) is 12.2. The molecule has 118 valence electrons. The third-order valence-electron chi connectivity index (χ3n) is 2.11. The number of ether oxygens (including phenoxy) is 2. The maximum absolute atomic E-state index is 11.6. The van der Waals surface area contributed by atoms with Crippen LogP contribution in [-0.2, 0) is 29.2 Å². The van der Waals surface area contributed by atoms with E-state index >= 15 is 0 Å². The number of carbonyl (C=O) groups excluding carboxylic acids is 2. The maximum Gasteiger partial charge on any atom is 0.327 e.